The zero-order valence-corrected chi connectivity index (χ0v) is 19.9. The number of aryl methyl sites for hydroxylation is 1. The number of ether oxygens (including phenoxy) is 1. The summed E-state index contributed by atoms with van der Waals surface area (Å²) < 4.78 is 20.7. The van der Waals surface area contributed by atoms with Gasteiger partial charge < -0.3 is 15.4 Å². The number of amides is 2. The lowest BCUT2D eigenvalue weighted by molar-refractivity contribution is -0.131. The molecule has 10 heteroatoms. The Morgan fingerprint density at radius 3 is 2.36 bits per heavy atom. The summed E-state index contributed by atoms with van der Waals surface area (Å²) in [5, 5.41) is 9.88. The predicted octanol–water partition coefficient (Wildman–Crippen LogP) is 5.42. The van der Waals surface area contributed by atoms with E-state index in [1.54, 1.807) is 47.4 Å². The summed E-state index contributed by atoms with van der Waals surface area (Å²) in [4.78, 5) is 30.0. The first-order valence-corrected chi connectivity index (χ1v) is 11.5. The summed E-state index contributed by atoms with van der Waals surface area (Å²) >= 11 is 6.42. The molecular weight excluding hydrogens is 485 g/mol. The molecule has 0 saturated heterocycles. The molecule has 2 heterocycles. The fourth-order valence-corrected chi connectivity index (χ4v) is 3.91. The van der Waals surface area contributed by atoms with Gasteiger partial charge in [-0.05, 0) is 61.4 Å². The highest BCUT2D eigenvalue weighted by atomic mass is 35.5. The van der Waals surface area contributed by atoms with Crippen molar-refractivity contribution in [2.45, 2.75) is 12.8 Å². The van der Waals surface area contributed by atoms with Gasteiger partial charge in [0.15, 0.2) is 0 Å². The highest BCUT2D eigenvalue weighted by molar-refractivity contribution is 6.32. The van der Waals surface area contributed by atoms with Gasteiger partial charge in [0, 0.05) is 42.4 Å². The van der Waals surface area contributed by atoms with Gasteiger partial charge in [-0.1, -0.05) is 11.6 Å². The molecule has 8 nitrogen and oxygen atoms in total. The van der Waals surface area contributed by atoms with Gasteiger partial charge in [0.1, 0.15) is 22.7 Å². The molecule has 0 unspecified atom stereocenters. The van der Waals surface area contributed by atoms with Crippen molar-refractivity contribution in [3.05, 3.63) is 84.0 Å². The SMILES string of the molecule is Cn1cc(-c2cc(Oc3ccc(NC(=O)C4(C(=O)Nc5ccc(F)cc5)CC4)cc3Cl)ccn2)cn1. The number of anilines is 2. The molecule has 1 aliphatic carbocycles. The maximum Gasteiger partial charge on any atom is 0.240 e. The van der Waals surface area contributed by atoms with E-state index in [1.165, 1.54) is 24.3 Å². The minimum Gasteiger partial charge on any atom is -0.456 e. The van der Waals surface area contributed by atoms with Crippen LogP contribution in [-0.4, -0.2) is 26.6 Å². The Hall–Kier alpha value is -4.24. The number of carbonyl (C=O) groups excluding carboxylic acids is 2. The summed E-state index contributed by atoms with van der Waals surface area (Å²) in [5.74, 6) is -0.332. The average molecular weight is 506 g/mol. The van der Waals surface area contributed by atoms with E-state index in [9.17, 15) is 14.0 Å². The predicted molar refractivity (Wildman–Crippen MR) is 133 cm³/mol. The first kappa shape index (κ1) is 23.5. The fourth-order valence-electron chi connectivity index (χ4n) is 3.69. The van der Waals surface area contributed by atoms with Crippen molar-refractivity contribution in [3.63, 3.8) is 0 Å². The molecule has 2 aromatic heterocycles. The Bertz CT molecular complexity index is 1450. The van der Waals surface area contributed by atoms with Crippen LogP contribution < -0.4 is 15.4 Å². The van der Waals surface area contributed by atoms with E-state index >= 15 is 0 Å². The molecule has 182 valence electrons. The molecule has 36 heavy (non-hydrogen) atoms. The largest absolute Gasteiger partial charge is 0.456 e. The van der Waals surface area contributed by atoms with Crippen molar-refractivity contribution in [1.29, 1.82) is 0 Å². The average Bonchev–Trinajstić information content (AvgIpc) is 3.57. The van der Waals surface area contributed by atoms with Crippen LogP contribution in [0.2, 0.25) is 5.02 Å². The summed E-state index contributed by atoms with van der Waals surface area (Å²) in [6, 6.07) is 13.7. The van der Waals surface area contributed by atoms with Gasteiger partial charge in [-0.2, -0.15) is 5.10 Å². The maximum absolute atomic E-state index is 13.1. The van der Waals surface area contributed by atoms with Crippen LogP contribution in [0.15, 0.2) is 73.2 Å². The van der Waals surface area contributed by atoms with Gasteiger partial charge in [-0.3, -0.25) is 19.3 Å². The molecule has 0 radical (unpaired) electrons. The molecule has 5 rings (SSSR count). The van der Waals surface area contributed by atoms with Gasteiger partial charge in [-0.25, -0.2) is 4.39 Å². The molecule has 0 bridgehead atoms. The third kappa shape index (κ3) is 4.92. The maximum atomic E-state index is 13.1. The van der Waals surface area contributed by atoms with Crippen LogP contribution in [0.5, 0.6) is 11.5 Å². The summed E-state index contributed by atoms with van der Waals surface area (Å²) in [6.07, 6.45) is 6.03. The van der Waals surface area contributed by atoms with Gasteiger partial charge in [-0.15, -0.1) is 0 Å². The summed E-state index contributed by atoms with van der Waals surface area (Å²) in [6.45, 7) is 0. The van der Waals surface area contributed by atoms with E-state index in [4.69, 9.17) is 16.3 Å². The number of benzene rings is 2. The van der Waals surface area contributed by atoms with Crippen LogP contribution in [0.3, 0.4) is 0 Å². The Morgan fingerprint density at radius 1 is 1.03 bits per heavy atom. The molecular formula is C26H21ClFN5O3. The Labute approximate surface area is 211 Å². The summed E-state index contributed by atoms with van der Waals surface area (Å²) in [5.41, 5.74) is 1.24. The van der Waals surface area contributed by atoms with Crippen molar-refractivity contribution in [2.75, 3.05) is 10.6 Å². The third-order valence-electron chi connectivity index (χ3n) is 5.87. The van der Waals surface area contributed by atoms with E-state index in [2.05, 4.69) is 20.7 Å². The van der Waals surface area contributed by atoms with Crippen LogP contribution in [0, 0.1) is 11.2 Å². The second-order valence-electron chi connectivity index (χ2n) is 8.52. The summed E-state index contributed by atoms with van der Waals surface area (Å²) in [7, 11) is 1.83. The number of carbonyl (C=O) groups is 2. The Morgan fingerprint density at radius 2 is 1.72 bits per heavy atom. The number of nitrogens with zero attached hydrogens (tertiary/aromatic N) is 3. The van der Waals surface area contributed by atoms with Crippen LogP contribution in [0.25, 0.3) is 11.3 Å². The minimum absolute atomic E-state index is 0.285. The van der Waals surface area contributed by atoms with Gasteiger partial charge >= 0.3 is 0 Å². The van der Waals surface area contributed by atoms with E-state index < -0.39 is 23.0 Å². The minimum atomic E-state index is -1.17. The van der Waals surface area contributed by atoms with Crippen molar-refractivity contribution in [2.24, 2.45) is 12.5 Å². The molecule has 1 fully saturated rings. The lowest BCUT2D eigenvalue weighted by Gasteiger charge is -2.16. The third-order valence-corrected chi connectivity index (χ3v) is 6.17. The lowest BCUT2D eigenvalue weighted by Crippen LogP contribution is -2.35. The number of halogens is 2. The first-order valence-electron chi connectivity index (χ1n) is 11.1. The Kier molecular flexibility index (Phi) is 6.15. The number of nitrogens with one attached hydrogen (secondary N) is 2. The quantitative estimate of drug-likeness (QED) is 0.327. The topological polar surface area (TPSA) is 98.1 Å². The number of rotatable bonds is 7. The van der Waals surface area contributed by atoms with Crippen molar-refractivity contribution < 1.29 is 18.7 Å². The number of pyridine rings is 1. The van der Waals surface area contributed by atoms with E-state index in [0.717, 1.165) is 5.56 Å². The van der Waals surface area contributed by atoms with E-state index in [-0.39, 0.29) is 5.02 Å². The van der Waals surface area contributed by atoms with Gasteiger partial charge in [0.2, 0.25) is 11.8 Å². The highest BCUT2D eigenvalue weighted by Gasteiger charge is 2.56. The fraction of sp³-hybridized carbons (Fsp3) is 0.154. The van der Waals surface area contributed by atoms with Crippen LogP contribution in [-0.2, 0) is 16.6 Å². The Balaban J connectivity index is 1.25. The normalized spacial score (nSPS) is 13.6. The number of hydrogen-bond donors (Lipinski definition) is 2. The molecule has 2 aromatic carbocycles. The van der Waals surface area contributed by atoms with E-state index in [0.29, 0.717) is 41.4 Å². The molecule has 0 atom stereocenters. The first-order chi connectivity index (χ1) is 17.3. The smallest absolute Gasteiger partial charge is 0.240 e. The molecule has 0 aliphatic heterocycles. The molecule has 4 aromatic rings. The van der Waals surface area contributed by atoms with Crippen LogP contribution in [0.1, 0.15) is 12.8 Å². The van der Waals surface area contributed by atoms with Crippen LogP contribution in [0.4, 0.5) is 15.8 Å². The van der Waals surface area contributed by atoms with Crippen molar-refractivity contribution in [3.8, 4) is 22.8 Å². The van der Waals surface area contributed by atoms with E-state index in [1.807, 2.05) is 13.2 Å². The van der Waals surface area contributed by atoms with Gasteiger partial charge in [0.25, 0.3) is 0 Å². The molecule has 1 aliphatic rings. The molecule has 2 N–H and O–H groups in total. The van der Waals surface area contributed by atoms with Crippen molar-refractivity contribution in [1.82, 2.24) is 14.8 Å². The number of aromatic nitrogens is 3. The second-order valence-corrected chi connectivity index (χ2v) is 8.93. The molecule has 0 spiro atoms. The monoisotopic (exact) mass is 505 g/mol. The zero-order valence-electron chi connectivity index (χ0n) is 19.2. The van der Waals surface area contributed by atoms with Gasteiger partial charge in [0.05, 0.1) is 16.9 Å². The van der Waals surface area contributed by atoms with Crippen LogP contribution >= 0.6 is 11.6 Å². The zero-order chi connectivity index (χ0) is 25.3. The van der Waals surface area contributed by atoms with Crippen molar-refractivity contribution >= 4 is 34.8 Å². The molecule has 2 amide bonds. The molecule has 1 saturated carbocycles. The standard InChI is InChI=1S/C26H21ClFN5O3/c1-33-15-16(14-30-33)22-13-20(8-11-29-22)36-23-7-6-19(12-21(23)27)32-25(35)26(9-10-26)24(34)31-18-4-2-17(28)3-5-18/h2-8,11-15H,9-10H2,1H3,(H,31,34)(H,32,35). The second kappa shape index (κ2) is 9.43. The number of hydrogen-bond acceptors (Lipinski definition) is 5. The lowest BCUT2D eigenvalue weighted by atomic mass is 10.0. The highest BCUT2D eigenvalue weighted by Crippen LogP contribution is 2.47.